The van der Waals surface area contributed by atoms with Crippen LogP contribution < -0.4 is 11.1 Å². The molecule has 0 saturated carbocycles. The molecule has 3 heterocycles. The molecule has 0 bridgehead atoms. The van der Waals surface area contributed by atoms with Crippen LogP contribution in [0.2, 0.25) is 0 Å². The second kappa shape index (κ2) is 7.24. The molecule has 0 saturated heterocycles. The zero-order chi connectivity index (χ0) is 19.7. The van der Waals surface area contributed by atoms with Crippen LogP contribution in [-0.4, -0.2) is 25.7 Å². The van der Waals surface area contributed by atoms with Crippen LogP contribution in [0.1, 0.15) is 15.5 Å². The molecule has 1 amide bonds. The van der Waals surface area contributed by atoms with Gasteiger partial charge >= 0.3 is 0 Å². The first-order valence-corrected chi connectivity index (χ1v) is 9.40. The van der Waals surface area contributed by atoms with Crippen LogP contribution in [0.4, 0.5) is 11.4 Å². The normalized spacial score (nSPS) is 10.8. The van der Waals surface area contributed by atoms with Gasteiger partial charge in [-0.05, 0) is 30.7 Å². The summed E-state index contributed by atoms with van der Waals surface area (Å²) in [5, 5.41) is 7.97. The second-order valence-corrected chi connectivity index (χ2v) is 7.57. The van der Waals surface area contributed by atoms with E-state index in [2.05, 4.69) is 20.4 Å². The smallest absolute Gasteiger partial charge is 0.274 e. The number of amides is 1. The monoisotopic (exact) mass is 390 g/mol. The number of aromatic nitrogens is 4. The third-order valence-electron chi connectivity index (χ3n) is 4.24. The maximum Gasteiger partial charge on any atom is 0.274 e. The van der Waals surface area contributed by atoms with E-state index in [1.165, 1.54) is 0 Å². The Labute approximate surface area is 165 Å². The van der Waals surface area contributed by atoms with E-state index in [4.69, 9.17) is 5.73 Å². The summed E-state index contributed by atoms with van der Waals surface area (Å²) < 4.78 is 1.72. The summed E-state index contributed by atoms with van der Waals surface area (Å²) in [5.74, 6) is -0.318. The number of hydrogen-bond donors (Lipinski definition) is 2. The predicted molar refractivity (Wildman–Crippen MR) is 111 cm³/mol. The van der Waals surface area contributed by atoms with Gasteiger partial charge in [-0.25, -0.2) is 4.98 Å². The molecule has 3 N–H and O–H groups in total. The topological polar surface area (TPSA) is 98.7 Å². The highest BCUT2D eigenvalue weighted by Gasteiger charge is 2.12. The molecule has 0 radical (unpaired) electrons. The number of nitrogen functional groups attached to an aromatic ring is 1. The van der Waals surface area contributed by atoms with Crippen molar-refractivity contribution in [3.8, 4) is 21.6 Å². The van der Waals surface area contributed by atoms with Gasteiger partial charge in [-0.3, -0.25) is 14.5 Å². The number of rotatable bonds is 4. The van der Waals surface area contributed by atoms with Gasteiger partial charge in [0.05, 0.1) is 27.5 Å². The van der Waals surface area contributed by atoms with Gasteiger partial charge in [0.2, 0.25) is 0 Å². The lowest BCUT2D eigenvalue weighted by atomic mass is 10.1. The van der Waals surface area contributed by atoms with Crippen molar-refractivity contribution in [2.75, 3.05) is 11.1 Å². The fourth-order valence-electron chi connectivity index (χ4n) is 2.77. The number of nitrogens with zero attached hydrogens (tertiary/aromatic N) is 4. The number of nitrogens with two attached hydrogens (primary N) is 1. The SMILES string of the molecule is Cc1ncc(-c2ccc(N)c(NC(=O)c3ccc(-c4cnn(C)c4)cn3)c2)s1. The van der Waals surface area contributed by atoms with Crippen LogP contribution in [-0.2, 0) is 7.05 Å². The highest BCUT2D eigenvalue weighted by molar-refractivity contribution is 7.15. The molecule has 0 spiro atoms. The number of carbonyl (C=O) groups excluding carboxylic acids is 1. The van der Waals surface area contributed by atoms with E-state index >= 15 is 0 Å². The standard InChI is InChI=1S/C20H18N6OS/c1-12-22-10-19(28-12)13-3-5-16(21)18(7-13)25-20(27)17-6-4-14(8-23-17)15-9-24-26(2)11-15/h3-11H,21H2,1-2H3,(H,25,27). The van der Waals surface area contributed by atoms with Gasteiger partial charge in [-0.2, -0.15) is 5.10 Å². The third kappa shape index (κ3) is 3.63. The third-order valence-corrected chi connectivity index (χ3v) is 5.20. The van der Waals surface area contributed by atoms with Crippen LogP contribution in [0.5, 0.6) is 0 Å². The van der Waals surface area contributed by atoms with E-state index in [9.17, 15) is 4.79 Å². The molecule has 28 heavy (non-hydrogen) atoms. The molecule has 3 aromatic heterocycles. The second-order valence-electron chi connectivity index (χ2n) is 6.33. The van der Waals surface area contributed by atoms with Crippen molar-refractivity contribution in [1.29, 1.82) is 0 Å². The Morgan fingerprint density at radius 3 is 2.54 bits per heavy atom. The first-order chi connectivity index (χ1) is 13.5. The Kier molecular flexibility index (Phi) is 4.62. The molecule has 4 rings (SSSR count). The van der Waals surface area contributed by atoms with E-state index < -0.39 is 0 Å². The lowest BCUT2D eigenvalue weighted by Crippen LogP contribution is -2.14. The van der Waals surface area contributed by atoms with Gasteiger partial charge in [0, 0.05) is 36.8 Å². The molecule has 0 unspecified atom stereocenters. The first kappa shape index (κ1) is 17.9. The molecule has 1 aromatic carbocycles. The molecule has 0 aliphatic carbocycles. The molecule has 0 atom stereocenters. The Bertz CT molecular complexity index is 1150. The van der Waals surface area contributed by atoms with Crippen molar-refractivity contribution >= 4 is 28.6 Å². The summed E-state index contributed by atoms with van der Waals surface area (Å²) in [7, 11) is 1.85. The number of aryl methyl sites for hydroxylation is 2. The van der Waals surface area contributed by atoms with Gasteiger partial charge in [0.25, 0.3) is 5.91 Å². The molecule has 140 valence electrons. The fourth-order valence-corrected chi connectivity index (χ4v) is 3.54. The number of nitrogens with one attached hydrogen (secondary N) is 1. The maximum atomic E-state index is 12.6. The summed E-state index contributed by atoms with van der Waals surface area (Å²) >= 11 is 1.59. The van der Waals surface area contributed by atoms with Crippen molar-refractivity contribution < 1.29 is 4.79 Å². The number of thiazole rings is 1. The van der Waals surface area contributed by atoms with Crippen LogP contribution in [0.15, 0.2) is 55.1 Å². The molecule has 0 aliphatic heterocycles. The van der Waals surface area contributed by atoms with E-state index in [0.29, 0.717) is 17.1 Å². The zero-order valence-electron chi connectivity index (χ0n) is 15.4. The van der Waals surface area contributed by atoms with E-state index in [1.807, 2.05) is 44.6 Å². The van der Waals surface area contributed by atoms with Gasteiger partial charge in [0.1, 0.15) is 5.69 Å². The minimum absolute atomic E-state index is 0.311. The summed E-state index contributed by atoms with van der Waals surface area (Å²) in [4.78, 5) is 22.2. The largest absolute Gasteiger partial charge is 0.397 e. The molecule has 8 heteroatoms. The van der Waals surface area contributed by atoms with Crippen LogP contribution in [0, 0.1) is 6.92 Å². The zero-order valence-corrected chi connectivity index (χ0v) is 16.2. The highest BCUT2D eigenvalue weighted by Crippen LogP contribution is 2.31. The van der Waals surface area contributed by atoms with E-state index in [1.54, 1.807) is 40.5 Å². The van der Waals surface area contributed by atoms with Crippen molar-refractivity contribution in [1.82, 2.24) is 19.7 Å². The summed E-state index contributed by atoms with van der Waals surface area (Å²) in [5.41, 5.74) is 10.2. The average molecular weight is 390 g/mol. The number of pyridine rings is 1. The lowest BCUT2D eigenvalue weighted by molar-refractivity contribution is 0.102. The highest BCUT2D eigenvalue weighted by atomic mass is 32.1. The summed E-state index contributed by atoms with van der Waals surface area (Å²) in [6.07, 6.45) is 7.12. The molecule has 7 nitrogen and oxygen atoms in total. The number of carbonyl (C=O) groups is 1. The maximum absolute atomic E-state index is 12.6. The molecular weight excluding hydrogens is 372 g/mol. The van der Waals surface area contributed by atoms with Crippen molar-refractivity contribution in [3.63, 3.8) is 0 Å². The van der Waals surface area contributed by atoms with E-state index in [0.717, 1.165) is 26.6 Å². The summed E-state index contributed by atoms with van der Waals surface area (Å²) in [6, 6.07) is 9.07. The quantitative estimate of drug-likeness (QED) is 0.517. The Hall–Kier alpha value is -3.52. The Balaban J connectivity index is 1.55. The fraction of sp³-hybridized carbons (Fsp3) is 0.100. The summed E-state index contributed by atoms with van der Waals surface area (Å²) in [6.45, 7) is 1.95. The molecule has 4 aromatic rings. The van der Waals surface area contributed by atoms with Crippen LogP contribution >= 0.6 is 11.3 Å². The minimum Gasteiger partial charge on any atom is -0.397 e. The van der Waals surface area contributed by atoms with Crippen molar-refractivity contribution in [2.24, 2.45) is 7.05 Å². The molecular formula is C20H18N6OS. The van der Waals surface area contributed by atoms with E-state index in [-0.39, 0.29) is 5.91 Å². The van der Waals surface area contributed by atoms with Crippen LogP contribution in [0.3, 0.4) is 0 Å². The number of benzene rings is 1. The number of anilines is 2. The lowest BCUT2D eigenvalue weighted by Gasteiger charge is -2.10. The van der Waals surface area contributed by atoms with Crippen molar-refractivity contribution in [3.05, 3.63) is 65.8 Å². The predicted octanol–water partition coefficient (Wildman–Crippen LogP) is 3.75. The van der Waals surface area contributed by atoms with Crippen molar-refractivity contribution in [2.45, 2.75) is 6.92 Å². The number of hydrogen-bond acceptors (Lipinski definition) is 6. The van der Waals surface area contributed by atoms with Gasteiger partial charge in [-0.1, -0.05) is 12.1 Å². The minimum atomic E-state index is -0.318. The van der Waals surface area contributed by atoms with Gasteiger partial charge in [0.15, 0.2) is 0 Å². The molecule has 0 fully saturated rings. The first-order valence-electron chi connectivity index (χ1n) is 8.58. The Morgan fingerprint density at radius 2 is 1.89 bits per heavy atom. The molecule has 0 aliphatic rings. The average Bonchev–Trinajstić information content (AvgIpc) is 3.32. The van der Waals surface area contributed by atoms with Gasteiger partial charge < -0.3 is 11.1 Å². The van der Waals surface area contributed by atoms with Gasteiger partial charge in [-0.15, -0.1) is 11.3 Å². The van der Waals surface area contributed by atoms with Crippen LogP contribution in [0.25, 0.3) is 21.6 Å². The Morgan fingerprint density at radius 1 is 1.07 bits per heavy atom.